The second kappa shape index (κ2) is 9.58. The number of aromatic nitrogens is 3. The molecule has 0 bridgehead atoms. The minimum absolute atomic E-state index is 0.0212. The van der Waals surface area contributed by atoms with E-state index in [4.69, 9.17) is 4.98 Å². The van der Waals surface area contributed by atoms with Gasteiger partial charge in [-0.25, -0.2) is 0 Å². The third-order valence-electron chi connectivity index (χ3n) is 5.44. The molecule has 0 fully saturated rings. The standard InChI is InChI=1S/C24H23N3O2SSe2/c1-16-8-9-18-21(14-16)31-26(23(18)28)10-4-12-30-13-5-11-27-24(29)19-15-17-6-2-3-7-20(17)25-22(19)32-27/h2-3,6-9,14-15H,4-5,10-13H2,1H3. The van der Waals surface area contributed by atoms with Gasteiger partial charge in [0, 0.05) is 0 Å². The SMILES string of the molecule is Cc1ccc2c(=O)n(CCCSCCCn3[se]c4nc5ccccc5cc4c3=O)[se]c2c1. The Balaban J connectivity index is 1.12. The van der Waals surface area contributed by atoms with Crippen molar-refractivity contribution in [3.63, 3.8) is 0 Å². The molecule has 0 saturated heterocycles. The van der Waals surface area contributed by atoms with E-state index in [1.54, 1.807) is 0 Å². The molecule has 0 unspecified atom stereocenters. The van der Waals surface area contributed by atoms with Crippen molar-refractivity contribution in [1.29, 1.82) is 0 Å². The summed E-state index contributed by atoms with van der Waals surface area (Å²) in [6.45, 7) is 3.71. The van der Waals surface area contributed by atoms with Crippen molar-refractivity contribution in [2.45, 2.75) is 32.9 Å². The topological polar surface area (TPSA) is 56.9 Å². The van der Waals surface area contributed by atoms with E-state index in [1.807, 2.05) is 61.4 Å². The van der Waals surface area contributed by atoms with Gasteiger partial charge < -0.3 is 0 Å². The zero-order valence-electron chi connectivity index (χ0n) is 17.7. The zero-order valence-corrected chi connectivity index (χ0v) is 22.0. The normalized spacial score (nSPS) is 11.8. The summed E-state index contributed by atoms with van der Waals surface area (Å²) in [5.74, 6) is 2.08. The Morgan fingerprint density at radius 3 is 2.41 bits per heavy atom. The van der Waals surface area contributed by atoms with Crippen LogP contribution in [-0.4, -0.2) is 53.1 Å². The maximum atomic E-state index is 12.8. The molecule has 3 heterocycles. The van der Waals surface area contributed by atoms with Gasteiger partial charge in [0.05, 0.1) is 0 Å². The number of para-hydroxylation sites is 1. The van der Waals surface area contributed by atoms with E-state index in [0.29, 0.717) is 0 Å². The van der Waals surface area contributed by atoms with E-state index < -0.39 is 0 Å². The average molecular weight is 575 g/mol. The number of rotatable bonds is 8. The molecule has 0 spiro atoms. The molecule has 5 aromatic rings. The number of hydrogen-bond acceptors (Lipinski definition) is 4. The molecule has 8 heteroatoms. The predicted octanol–water partition coefficient (Wildman–Crippen LogP) is 3.50. The molecule has 0 aliphatic carbocycles. The second-order valence-electron chi connectivity index (χ2n) is 7.85. The first kappa shape index (κ1) is 22.0. The molecule has 0 radical (unpaired) electrons. The fourth-order valence-corrected chi connectivity index (χ4v) is 9.12. The Morgan fingerprint density at radius 2 is 1.59 bits per heavy atom. The van der Waals surface area contributed by atoms with Crippen LogP contribution in [-0.2, 0) is 13.1 Å². The number of hydrogen-bond donors (Lipinski definition) is 0. The van der Waals surface area contributed by atoms with Crippen molar-refractivity contribution in [2.75, 3.05) is 11.5 Å². The molecular formula is C24H23N3O2SSe2. The van der Waals surface area contributed by atoms with Crippen molar-refractivity contribution in [3.8, 4) is 0 Å². The monoisotopic (exact) mass is 577 g/mol. The van der Waals surface area contributed by atoms with Gasteiger partial charge in [-0.2, -0.15) is 0 Å². The molecule has 0 aliphatic rings. The number of benzene rings is 2. The van der Waals surface area contributed by atoms with Gasteiger partial charge in [-0.05, 0) is 0 Å². The minimum atomic E-state index is -0.0212. The number of nitrogens with zero attached hydrogens (tertiary/aromatic N) is 3. The first-order chi connectivity index (χ1) is 15.6. The van der Waals surface area contributed by atoms with Crippen LogP contribution in [0.25, 0.3) is 30.3 Å². The second-order valence-corrected chi connectivity index (χ2v) is 13.4. The Morgan fingerprint density at radius 1 is 0.875 bits per heavy atom. The van der Waals surface area contributed by atoms with E-state index in [9.17, 15) is 9.59 Å². The number of fused-ring (bicyclic) bond motifs is 3. The van der Waals surface area contributed by atoms with Gasteiger partial charge in [0.15, 0.2) is 0 Å². The molecule has 3 aromatic heterocycles. The Labute approximate surface area is 202 Å². The summed E-state index contributed by atoms with van der Waals surface area (Å²) >= 11 is 2.02. The predicted molar refractivity (Wildman–Crippen MR) is 137 cm³/mol. The van der Waals surface area contributed by atoms with E-state index in [-0.39, 0.29) is 40.6 Å². The molecule has 0 atom stereocenters. The van der Waals surface area contributed by atoms with Crippen LogP contribution in [0.3, 0.4) is 0 Å². The van der Waals surface area contributed by atoms with Crippen LogP contribution in [0.5, 0.6) is 0 Å². The molecule has 0 saturated carbocycles. The first-order valence-corrected chi connectivity index (χ1v) is 15.1. The van der Waals surface area contributed by atoms with E-state index in [0.717, 1.165) is 63.5 Å². The Bertz CT molecular complexity index is 1530. The summed E-state index contributed by atoms with van der Waals surface area (Å²) in [6.07, 6.45) is 2.00. The van der Waals surface area contributed by atoms with Crippen LogP contribution < -0.4 is 11.1 Å². The van der Waals surface area contributed by atoms with Crippen LogP contribution in [0.4, 0.5) is 0 Å². The fourth-order valence-electron chi connectivity index (χ4n) is 3.79. The first-order valence-electron chi connectivity index (χ1n) is 10.7. The van der Waals surface area contributed by atoms with Crippen LogP contribution in [0, 0.1) is 6.92 Å². The molecule has 0 N–H and O–H groups in total. The molecule has 164 valence electrons. The van der Waals surface area contributed by atoms with Crippen molar-refractivity contribution >= 4 is 71.6 Å². The van der Waals surface area contributed by atoms with Crippen molar-refractivity contribution in [3.05, 3.63) is 74.8 Å². The van der Waals surface area contributed by atoms with Gasteiger partial charge in [-0.3, -0.25) is 0 Å². The summed E-state index contributed by atoms with van der Waals surface area (Å²) in [4.78, 5) is 30.0. The van der Waals surface area contributed by atoms with Crippen LogP contribution in [0.15, 0.2) is 58.1 Å². The average Bonchev–Trinajstić information content (AvgIpc) is 3.27. The maximum absolute atomic E-state index is 12.8. The summed E-state index contributed by atoms with van der Waals surface area (Å²) < 4.78 is 6.18. The summed E-state index contributed by atoms with van der Waals surface area (Å²) in [6, 6.07) is 16.1. The Hall–Kier alpha value is -1.82. The third-order valence-corrected chi connectivity index (χ3v) is 11.1. The quantitative estimate of drug-likeness (QED) is 0.210. The van der Waals surface area contributed by atoms with E-state index >= 15 is 0 Å². The zero-order chi connectivity index (χ0) is 22.1. The molecule has 5 nitrogen and oxygen atoms in total. The molecule has 32 heavy (non-hydrogen) atoms. The molecule has 5 rings (SSSR count). The van der Waals surface area contributed by atoms with Gasteiger partial charge in [0.2, 0.25) is 0 Å². The van der Waals surface area contributed by atoms with Gasteiger partial charge in [-0.15, -0.1) is 0 Å². The summed E-state index contributed by atoms with van der Waals surface area (Å²) in [5.41, 5.74) is 2.52. The van der Waals surface area contributed by atoms with Gasteiger partial charge in [0.25, 0.3) is 0 Å². The van der Waals surface area contributed by atoms with Gasteiger partial charge >= 0.3 is 203 Å². The van der Waals surface area contributed by atoms with Crippen LogP contribution in [0.2, 0.25) is 0 Å². The molecular weight excluding hydrogens is 552 g/mol. The number of pyridine rings is 1. The van der Waals surface area contributed by atoms with Crippen molar-refractivity contribution < 1.29 is 0 Å². The van der Waals surface area contributed by atoms with Gasteiger partial charge in [-0.1, -0.05) is 0 Å². The van der Waals surface area contributed by atoms with Crippen molar-refractivity contribution in [2.24, 2.45) is 0 Å². The Kier molecular flexibility index (Phi) is 6.58. The van der Waals surface area contributed by atoms with Crippen LogP contribution >= 0.6 is 11.8 Å². The summed E-state index contributed by atoms with van der Waals surface area (Å²) in [5, 5.41) is 2.71. The fraction of sp³-hybridized carbons (Fsp3) is 0.292. The molecule has 0 aliphatic heterocycles. The van der Waals surface area contributed by atoms with E-state index in [1.165, 1.54) is 9.82 Å². The van der Waals surface area contributed by atoms with Crippen molar-refractivity contribution in [1.82, 2.24) is 12.1 Å². The van der Waals surface area contributed by atoms with Gasteiger partial charge in [0.1, 0.15) is 0 Å². The number of aryl methyl sites for hydroxylation is 3. The molecule has 0 amide bonds. The van der Waals surface area contributed by atoms with Crippen LogP contribution in [0.1, 0.15) is 18.4 Å². The third kappa shape index (κ3) is 4.48. The van der Waals surface area contributed by atoms with E-state index in [2.05, 4.69) is 13.0 Å². The summed E-state index contributed by atoms with van der Waals surface area (Å²) in [7, 11) is 0. The molecule has 2 aromatic carbocycles. The number of thioether (sulfide) groups is 1.